The molecule has 2 heterocycles. The Kier molecular flexibility index (Phi) is 5.09. The Hall–Kier alpha value is -2.33. The highest BCUT2D eigenvalue weighted by atomic mass is 15.0. The van der Waals surface area contributed by atoms with Gasteiger partial charge < -0.3 is 15.5 Å². The maximum atomic E-state index is 6.36. The Bertz CT molecular complexity index is 829. The molecule has 1 aromatic carbocycles. The van der Waals surface area contributed by atoms with E-state index in [1.165, 1.54) is 5.56 Å². The van der Waals surface area contributed by atoms with Gasteiger partial charge in [-0.05, 0) is 49.9 Å². The second-order valence-electron chi connectivity index (χ2n) is 6.87. The highest BCUT2D eigenvalue weighted by Gasteiger charge is 2.19. The average Bonchev–Trinajstić information content (AvgIpc) is 3.08. The van der Waals surface area contributed by atoms with Gasteiger partial charge in [0.1, 0.15) is 5.65 Å². The molecule has 0 fully saturated rings. The van der Waals surface area contributed by atoms with E-state index in [4.69, 9.17) is 10.7 Å². The van der Waals surface area contributed by atoms with Gasteiger partial charge in [-0.1, -0.05) is 32.0 Å². The van der Waals surface area contributed by atoms with Gasteiger partial charge in [0, 0.05) is 35.7 Å². The van der Waals surface area contributed by atoms with Crippen LogP contribution in [-0.4, -0.2) is 21.5 Å². The van der Waals surface area contributed by atoms with Crippen LogP contribution < -0.4 is 11.1 Å². The number of pyridine rings is 1. The van der Waals surface area contributed by atoms with Crippen LogP contribution in [0.4, 0.5) is 5.69 Å². The number of nitrogens with two attached hydrogens (primary N) is 1. The van der Waals surface area contributed by atoms with E-state index in [9.17, 15) is 0 Å². The van der Waals surface area contributed by atoms with Crippen molar-refractivity contribution in [2.24, 2.45) is 5.73 Å². The number of nitrogens with one attached hydrogen (secondary N) is 1. The second kappa shape index (κ2) is 7.28. The predicted octanol–water partition coefficient (Wildman–Crippen LogP) is 4.63. The molecular formula is C21H28N4. The molecule has 2 aromatic heterocycles. The van der Waals surface area contributed by atoms with Gasteiger partial charge in [0.15, 0.2) is 0 Å². The van der Waals surface area contributed by atoms with Crippen LogP contribution in [0, 0.1) is 6.92 Å². The molecule has 0 saturated heterocycles. The number of benzene rings is 1. The Balaban J connectivity index is 1.68. The second-order valence-corrected chi connectivity index (χ2v) is 6.87. The molecule has 0 saturated carbocycles. The van der Waals surface area contributed by atoms with Crippen molar-refractivity contribution in [1.82, 2.24) is 9.38 Å². The summed E-state index contributed by atoms with van der Waals surface area (Å²) in [6, 6.07) is 12.6. The monoisotopic (exact) mass is 336 g/mol. The molecule has 0 amide bonds. The van der Waals surface area contributed by atoms with E-state index in [1.54, 1.807) is 0 Å². The van der Waals surface area contributed by atoms with E-state index in [-0.39, 0.29) is 5.54 Å². The van der Waals surface area contributed by atoms with E-state index < -0.39 is 0 Å². The van der Waals surface area contributed by atoms with Crippen LogP contribution in [0.1, 0.15) is 38.7 Å². The lowest BCUT2D eigenvalue weighted by Crippen LogP contribution is -2.40. The lowest BCUT2D eigenvalue weighted by atomic mass is 9.90. The van der Waals surface area contributed by atoms with Crippen LogP contribution >= 0.6 is 0 Å². The highest BCUT2D eigenvalue weighted by Crippen LogP contribution is 2.23. The van der Waals surface area contributed by atoms with Crippen molar-refractivity contribution in [3.63, 3.8) is 0 Å². The van der Waals surface area contributed by atoms with E-state index in [0.717, 1.165) is 48.4 Å². The Morgan fingerprint density at radius 3 is 2.48 bits per heavy atom. The molecule has 3 rings (SSSR count). The van der Waals surface area contributed by atoms with Gasteiger partial charge in [-0.2, -0.15) is 0 Å². The fraction of sp³-hybridized carbons (Fsp3) is 0.381. The van der Waals surface area contributed by atoms with Gasteiger partial charge in [0.25, 0.3) is 0 Å². The first-order valence-electron chi connectivity index (χ1n) is 9.12. The lowest BCUT2D eigenvalue weighted by Gasteiger charge is -2.26. The van der Waals surface area contributed by atoms with Crippen molar-refractivity contribution >= 4 is 11.3 Å². The zero-order valence-electron chi connectivity index (χ0n) is 15.4. The molecule has 4 heteroatoms. The average molecular weight is 336 g/mol. The summed E-state index contributed by atoms with van der Waals surface area (Å²) in [6.07, 6.45) is 7.12. The smallest absolute Gasteiger partial charge is 0.140 e. The van der Waals surface area contributed by atoms with Crippen LogP contribution in [0.3, 0.4) is 0 Å². The number of nitrogens with zero attached hydrogens (tertiary/aromatic N) is 2. The molecule has 25 heavy (non-hydrogen) atoms. The number of hydrogen-bond acceptors (Lipinski definition) is 3. The first-order valence-corrected chi connectivity index (χ1v) is 9.12. The van der Waals surface area contributed by atoms with E-state index in [2.05, 4.69) is 67.0 Å². The number of hydrogen-bond donors (Lipinski definition) is 2. The number of aryl methyl sites for hydroxylation is 1. The summed E-state index contributed by atoms with van der Waals surface area (Å²) >= 11 is 0. The van der Waals surface area contributed by atoms with Gasteiger partial charge in [0.2, 0.25) is 0 Å². The number of imidazole rings is 1. The molecule has 132 valence electrons. The lowest BCUT2D eigenvalue weighted by molar-refractivity contribution is 0.376. The van der Waals surface area contributed by atoms with Crippen LogP contribution in [0.15, 0.2) is 48.8 Å². The van der Waals surface area contributed by atoms with Crippen molar-refractivity contribution in [1.29, 1.82) is 0 Å². The maximum absolute atomic E-state index is 6.36. The molecule has 0 atom stereocenters. The van der Waals surface area contributed by atoms with Crippen LogP contribution in [-0.2, 0) is 0 Å². The molecule has 0 spiro atoms. The Morgan fingerprint density at radius 1 is 1.12 bits per heavy atom. The topological polar surface area (TPSA) is 55.3 Å². The van der Waals surface area contributed by atoms with Crippen molar-refractivity contribution in [3.8, 4) is 11.3 Å². The third kappa shape index (κ3) is 3.85. The number of anilines is 1. The molecular weight excluding hydrogens is 308 g/mol. The summed E-state index contributed by atoms with van der Waals surface area (Å²) in [7, 11) is 0. The quantitative estimate of drug-likeness (QED) is 0.661. The molecule has 3 aromatic rings. The van der Waals surface area contributed by atoms with Crippen molar-refractivity contribution in [2.75, 3.05) is 11.9 Å². The standard InChI is InChI=1S/C21H28N4/c1-4-21(22,5-2)12-13-23-18-10-8-17(9-11-18)19-15-25-14-6-7-16(3)20(25)24-19/h6-11,14-15,23H,4-5,12-13,22H2,1-3H3. The van der Waals surface area contributed by atoms with Gasteiger partial charge in [-0.15, -0.1) is 0 Å². The summed E-state index contributed by atoms with van der Waals surface area (Å²) < 4.78 is 2.08. The van der Waals surface area contributed by atoms with Gasteiger partial charge in [-0.25, -0.2) is 4.98 Å². The summed E-state index contributed by atoms with van der Waals surface area (Å²) in [5.74, 6) is 0. The van der Waals surface area contributed by atoms with Crippen molar-refractivity contribution in [2.45, 2.75) is 45.6 Å². The number of rotatable bonds is 7. The highest BCUT2D eigenvalue weighted by molar-refractivity contribution is 5.66. The molecule has 0 radical (unpaired) electrons. The number of aromatic nitrogens is 2. The molecule has 3 N–H and O–H groups in total. The van der Waals surface area contributed by atoms with E-state index in [1.807, 2.05) is 12.3 Å². The summed E-state index contributed by atoms with van der Waals surface area (Å²) in [6.45, 7) is 7.30. The largest absolute Gasteiger partial charge is 0.385 e. The van der Waals surface area contributed by atoms with Crippen LogP contribution in [0.2, 0.25) is 0 Å². The molecule has 0 aliphatic heterocycles. The predicted molar refractivity (Wildman–Crippen MR) is 106 cm³/mol. The minimum Gasteiger partial charge on any atom is -0.385 e. The first kappa shape index (κ1) is 17.5. The minimum atomic E-state index is -0.0542. The fourth-order valence-electron chi connectivity index (χ4n) is 3.11. The zero-order valence-corrected chi connectivity index (χ0v) is 15.4. The van der Waals surface area contributed by atoms with Crippen LogP contribution in [0.25, 0.3) is 16.9 Å². The summed E-state index contributed by atoms with van der Waals surface area (Å²) in [5, 5.41) is 3.48. The Labute approximate surface area is 150 Å². The summed E-state index contributed by atoms with van der Waals surface area (Å²) in [5.41, 5.74) is 11.8. The van der Waals surface area contributed by atoms with Crippen molar-refractivity contribution in [3.05, 3.63) is 54.4 Å². The van der Waals surface area contributed by atoms with Gasteiger partial charge in [0.05, 0.1) is 5.69 Å². The van der Waals surface area contributed by atoms with Gasteiger partial charge in [-0.3, -0.25) is 0 Å². The molecule has 0 unspecified atom stereocenters. The zero-order chi connectivity index (χ0) is 17.9. The minimum absolute atomic E-state index is 0.0542. The maximum Gasteiger partial charge on any atom is 0.140 e. The van der Waals surface area contributed by atoms with Crippen LogP contribution in [0.5, 0.6) is 0 Å². The summed E-state index contributed by atoms with van der Waals surface area (Å²) in [4.78, 5) is 4.75. The van der Waals surface area contributed by atoms with E-state index >= 15 is 0 Å². The molecule has 0 aliphatic carbocycles. The molecule has 0 aliphatic rings. The number of fused-ring (bicyclic) bond motifs is 1. The fourth-order valence-corrected chi connectivity index (χ4v) is 3.11. The molecule has 0 bridgehead atoms. The third-order valence-corrected chi connectivity index (χ3v) is 5.22. The molecule has 4 nitrogen and oxygen atoms in total. The Morgan fingerprint density at radius 2 is 1.84 bits per heavy atom. The van der Waals surface area contributed by atoms with Crippen molar-refractivity contribution < 1.29 is 0 Å². The SMILES string of the molecule is CCC(N)(CC)CCNc1ccc(-c2cn3cccc(C)c3n2)cc1. The van der Waals surface area contributed by atoms with Gasteiger partial charge >= 0.3 is 0 Å². The third-order valence-electron chi connectivity index (χ3n) is 5.22. The normalized spacial score (nSPS) is 11.8. The first-order chi connectivity index (χ1) is 12.0. The van der Waals surface area contributed by atoms with E-state index in [0.29, 0.717) is 0 Å².